The summed E-state index contributed by atoms with van der Waals surface area (Å²) in [6.45, 7) is 5.93. The average molecular weight is 668 g/mol. The van der Waals surface area contributed by atoms with Crippen molar-refractivity contribution in [3.8, 4) is 11.5 Å². The zero-order chi connectivity index (χ0) is 33.6. The molecular formula is C35H45N3O8S. The van der Waals surface area contributed by atoms with Gasteiger partial charge >= 0.3 is 0 Å². The van der Waals surface area contributed by atoms with Gasteiger partial charge < -0.3 is 29.2 Å². The topological polar surface area (TPSA) is 124 Å². The Labute approximate surface area is 277 Å². The van der Waals surface area contributed by atoms with Crippen LogP contribution in [0.4, 0.5) is 0 Å². The number of ether oxygens (including phenoxy) is 4. The van der Waals surface area contributed by atoms with Crippen molar-refractivity contribution in [3.05, 3.63) is 90.0 Å². The third-order valence-electron chi connectivity index (χ3n) is 7.65. The minimum Gasteiger partial charge on any atom is -0.497 e. The van der Waals surface area contributed by atoms with Crippen molar-refractivity contribution < 1.29 is 37.0 Å². The Hall–Kier alpha value is -3.97. The summed E-state index contributed by atoms with van der Waals surface area (Å²) >= 11 is 0. The maximum Gasteiger partial charge on any atom is 0.261 e. The van der Waals surface area contributed by atoms with Gasteiger partial charge in [-0.2, -0.15) is 4.31 Å². The van der Waals surface area contributed by atoms with Gasteiger partial charge in [-0.3, -0.25) is 9.59 Å². The first-order valence-electron chi connectivity index (χ1n) is 15.8. The number of rotatable bonds is 17. The van der Waals surface area contributed by atoms with E-state index >= 15 is 0 Å². The van der Waals surface area contributed by atoms with Crippen molar-refractivity contribution >= 4 is 21.8 Å². The molecule has 1 heterocycles. The first-order valence-corrected chi connectivity index (χ1v) is 17.3. The van der Waals surface area contributed by atoms with E-state index < -0.39 is 22.0 Å². The van der Waals surface area contributed by atoms with E-state index in [9.17, 15) is 18.0 Å². The third kappa shape index (κ3) is 10.8. The molecule has 1 aliphatic rings. The lowest BCUT2D eigenvalue weighted by Crippen LogP contribution is -2.52. The average Bonchev–Trinajstić information content (AvgIpc) is 3.09. The van der Waals surface area contributed by atoms with Gasteiger partial charge in [0.1, 0.15) is 17.5 Å². The second-order valence-electron chi connectivity index (χ2n) is 11.4. The minimum atomic E-state index is -3.67. The fourth-order valence-electron chi connectivity index (χ4n) is 5.07. The molecule has 1 saturated heterocycles. The molecule has 47 heavy (non-hydrogen) atoms. The fraction of sp³-hybridized carbons (Fsp3) is 0.429. The van der Waals surface area contributed by atoms with E-state index in [1.807, 2.05) is 68.4 Å². The Morgan fingerprint density at radius 1 is 0.915 bits per heavy atom. The van der Waals surface area contributed by atoms with Gasteiger partial charge in [0.05, 0.1) is 31.3 Å². The number of carbonyl (C=O) groups is 2. The van der Waals surface area contributed by atoms with Crippen LogP contribution in [-0.4, -0.2) is 94.8 Å². The van der Waals surface area contributed by atoms with E-state index in [1.165, 1.54) is 33.5 Å². The summed E-state index contributed by atoms with van der Waals surface area (Å²) in [5, 5.41) is 2.99. The van der Waals surface area contributed by atoms with Crippen molar-refractivity contribution in [1.29, 1.82) is 0 Å². The predicted molar refractivity (Wildman–Crippen MR) is 178 cm³/mol. The molecule has 11 nitrogen and oxygen atoms in total. The lowest BCUT2D eigenvalue weighted by molar-refractivity contribution is -0.142. The number of amides is 2. The highest BCUT2D eigenvalue weighted by Crippen LogP contribution is 2.22. The number of methoxy groups -OCH3 is 1. The quantitative estimate of drug-likeness (QED) is 0.217. The van der Waals surface area contributed by atoms with Gasteiger partial charge in [0, 0.05) is 39.2 Å². The molecule has 2 amide bonds. The molecule has 0 aromatic heterocycles. The molecule has 254 valence electrons. The van der Waals surface area contributed by atoms with E-state index in [0.29, 0.717) is 63.8 Å². The largest absolute Gasteiger partial charge is 0.497 e. The van der Waals surface area contributed by atoms with Gasteiger partial charge in [0.15, 0.2) is 6.61 Å². The number of carbonyl (C=O) groups excluding carboxylic acids is 2. The Morgan fingerprint density at radius 3 is 2.21 bits per heavy atom. The van der Waals surface area contributed by atoms with E-state index in [4.69, 9.17) is 18.9 Å². The van der Waals surface area contributed by atoms with Gasteiger partial charge in [-0.25, -0.2) is 8.42 Å². The Balaban J connectivity index is 1.52. The van der Waals surface area contributed by atoms with Gasteiger partial charge in [-0.1, -0.05) is 42.5 Å². The molecule has 3 aromatic rings. The number of hydrogen-bond donors (Lipinski definition) is 1. The molecule has 1 aliphatic heterocycles. The SMILES string of the molecule is COc1ccc(CN(C(=O)COc2ccc(S(=O)(=O)N3CCOCC3)cc2)C(Cc2ccccc2)C(=O)NCCCOC(C)C)cc1. The number of hydrogen-bond acceptors (Lipinski definition) is 8. The minimum absolute atomic E-state index is 0.0968. The highest BCUT2D eigenvalue weighted by atomic mass is 32.2. The van der Waals surface area contributed by atoms with Gasteiger partial charge in [0.25, 0.3) is 5.91 Å². The molecule has 4 rings (SSSR count). The second-order valence-corrected chi connectivity index (χ2v) is 13.4. The number of nitrogens with zero attached hydrogens (tertiary/aromatic N) is 2. The van der Waals surface area contributed by atoms with Gasteiger partial charge in [-0.05, 0) is 67.8 Å². The molecule has 0 bridgehead atoms. The summed E-state index contributed by atoms with van der Waals surface area (Å²) in [7, 11) is -2.09. The second kappa shape index (κ2) is 17.8. The predicted octanol–water partition coefficient (Wildman–Crippen LogP) is 3.67. The number of benzene rings is 3. The molecule has 0 spiro atoms. The van der Waals surface area contributed by atoms with Crippen molar-refractivity contribution in [2.45, 2.75) is 50.3 Å². The monoisotopic (exact) mass is 667 g/mol. The Kier molecular flexibility index (Phi) is 13.6. The van der Waals surface area contributed by atoms with Crippen molar-refractivity contribution in [2.75, 3.05) is 53.2 Å². The van der Waals surface area contributed by atoms with Crippen LogP contribution in [0.5, 0.6) is 11.5 Å². The van der Waals surface area contributed by atoms with E-state index in [0.717, 1.165) is 11.1 Å². The van der Waals surface area contributed by atoms with Crippen molar-refractivity contribution in [2.24, 2.45) is 0 Å². The number of morpholine rings is 1. The summed E-state index contributed by atoms with van der Waals surface area (Å²) in [5.74, 6) is 0.331. The van der Waals surface area contributed by atoms with Crippen molar-refractivity contribution in [1.82, 2.24) is 14.5 Å². The molecule has 1 N–H and O–H groups in total. The molecule has 12 heteroatoms. The smallest absolute Gasteiger partial charge is 0.261 e. The van der Waals surface area contributed by atoms with Gasteiger partial charge in [-0.15, -0.1) is 0 Å². The normalized spacial score (nSPS) is 14.4. The summed E-state index contributed by atoms with van der Waals surface area (Å²) in [6, 6.07) is 22.0. The first kappa shape index (κ1) is 35.9. The summed E-state index contributed by atoms with van der Waals surface area (Å²) in [4.78, 5) is 29.3. The van der Waals surface area contributed by atoms with Crippen LogP contribution in [0.3, 0.4) is 0 Å². The standard InChI is InChI=1S/C35H45N3O8S/c1-27(2)45-21-7-18-36-35(40)33(24-28-8-5-4-6-9-28)38(25-29-10-12-30(43-3)13-11-29)34(39)26-46-31-14-16-32(17-15-31)47(41,42)37-19-22-44-23-20-37/h4-6,8-17,27,33H,7,18-26H2,1-3H3,(H,36,40). The highest BCUT2D eigenvalue weighted by molar-refractivity contribution is 7.89. The molecule has 3 aromatic carbocycles. The molecule has 1 fully saturated rings. The van der Waals surface area contributed by atoms with Crippen LogP contribution in [0, 0.1) is 0 Å². The zero-order valence-corrected chi connectivity index (χ0v) is 28.1. The van der Waals surface area contributed by atoms with Crippen LogP contribution >= 0.6 is 0 Å². The molecule has 0 radical (unpaired) electrons. The molecular weight excluding hydrogens is 622 g/mol. The lowest BCUT2D eigenvalue weighted by atomic mass is 10.0. The van der Waals surface area contributed by atoms with Crippen LogP contribution in [0.2, 0.25) is 0 Å². The number of nitrogens with one attached hydrogen (secondary N) is 1. The van der Waals surface area contributed by atoms with Crippen LogP contribution in [0.25, 0.3) is 0 Å². The van der Waals surface area contributed by atoms with Crippen LogP contribution in [0.1, 0.15) is 31.4 Å². The van der Waals surface area contributed by atoms with E-state index in [-0.39, 0.29) is 30.1 Å². The molecule has 1 atom stereocenters. The van der Waals surface area contributed by atoms with E-state index in [1.54, 1.807) is 7.11 Å². The maximum atomic E-state index is 13.9. The summed E-state index contributed by atoms with van der Waals surface area (Å²) in [5.41, 5.74) is 1.72. The molecule has 0 aliphatic carbocycles. The summed E-state index contributed by atoms with van der Waals surface area (Å²) < 4.78 is 49.5. The number of sulfonamides is 1. The third-order valence-corrected chi connectivity index (χ3v) is 9.56. The highest BCUT2D eigenvalue weighted by Gasteiger charge is 2.31. The molecule has 0 saturated carbocycles. The maximum absolute atomic E-state index is 13.9. The van der Waals surface area contributed by atoms with Crippen LogP contribution < -0.4 is 14.8 Å². The van der Waals surface area contributed by atoms with Gasteiger partial charge in [0.2, 0.25) is 15.9 Å². The molecule has 1 unspecified atom stereocenters. The fourth-order valence-corrected chi connectivity index (χ4v) is 6.48. The zero-order valence-electron chi connectivity index (χ0n) is 27.3. The van der Waals surface area contributed by atoms with Crippen LogP contribution in [-0.2, 0) is 42.1 Å². The van der Waals surface area contributed by atoms with Crippen LogP contribution in [0.15, 0.2) is 83.8 Å². The lowest BCUT2D eigenvalue weighted by Gasteiger charge is -2.31. The van der Waals surface area contributed by atoms with Crippen molar-refractivity contribution in [3.63, 3.8) is 0 Å². The summed E-state index contributed by atoms with van der Waals surface area (Å²) in [6.07, 6.45) is 1.03. The first-order chi connectivity index (χ1) is 22.7. The Bertz CT molecular complexity index is 1510. The van der Waals surface area contributed by atoms with E-state index in [2.05, 4.69) is 5.32 Å². The Morgan fingerprint density at radius 2 is 1.57 bits per heavy atom.